The predicted molar refractivity (Wildman–Crippen MR) is 154 cm³/mol. The van der Waals surface area contributed by atoms with Crippen LogP contribution in [0.25, 0.3) is 17.1 Å². The van der Waals surface area contributed by atoms with Gasteiger partial charge in [-0.2, -0.15) is 0 Å². The first kappa shape index (κ1) is 27.0. The molecule has 1 fully saturated rings. The molecule has 2 aromatic carbocycles. The summed E-state index contributed by atoms with van der Waals surface area (Å²) < 4.78 is 11.2. The largest absolute Gasteiger partial charge is 0.454 e. The number of aromatic nitrogens is 2. The zero-order valence-electron chi connectivity index (χ0n) is 20.7. The van der Waals surface area contributed by atoms with Crippen molar-refractivity contribution in [3.63, 3.8) is 0 Å². The number of fused-ring (bicyclic) bond motifs is 2. The minimum Gasteiger partial charge on any atom is -0.454 e. The number of nitrogens with zero attached hydrogens (tertiary/aromatic N) is 2. The van der Waals surface area contributed by atoms with E-state index in [0.717, 1.165) is 23.0 Å². The van der Waals surface area contributed by atoms with Gasteiger partial charge in [0.15, 0.2) is 16.7 Å². The molecule has 1 aromatic heterocycles. The van der Waals surface area contributed by atoms with Gasteiger partial charge in [-0.15, -0.1) is 0 Å². The number of amides is 3. The summed E-state index contributed by atoms with van der Waals surface area (Å²) in [5.74, 6) is 0.751. The molecule has 13 heteroatoms. The maximum absolute atomic E-state index is 12.8. The normalized spacial score (nSPS) is 15.4. The molecule has 3 heterocycles. The zero-order valence-corrected chi connectivity index (χ0v) is 23.2. The fourth-order valence-corrected chi connectivity index (χ4v) is 5.94. The van der Waals surface area contributed by atoms with Crippen LogP contribution in [0.4, 0.5) is 0 Å². The summed E-state index contributed by atoms with van der Waals surface area (Å²) in [4.78, 5) is 46.7. The molecule has 0 atom stereocenters. The van der Waals surface area contributed by atoms with Crippen molar-refractivity contribution in [1.29, 1.82) is 0 Å². The van der Waals surface area contributed by atoms with Crippen molar-refractivity contribution in [2.45, 2.75) is 30.8 Å². The van der Waals surface area contributed by atoms with Crippen molar-refractivity contribution < 1.29 is 23.9 Å². The van der Waals surface area contributed by atoms with E-state index in [4.69, 9.17) is 21.7 Å². The smallest absolute Gasteiger partial charge is 0.266 e. The fourth-order valence-electron chi connectivity index (χ4n) is 3.95. The van der Waals surface area contributed by atoms with Crippen LogP contribution in [0.2, 0.25) is 0 Å². The standard InChI is InChI=1S/C26H25N5O5S3/c32-22(29-30-23(33)14-38-25-27-17-6-3-4-7-18(17)28-25)8-2-1-5-11-31-24(34)21(39-26(31)37)13-16-9-10-19-20(12-16)36-15-35-19/h3-4,6-7,9-10,12-13H,1-2,5,8,11,14-15H2,(H,27,28)(H,29,32)(H,30,33). The van der Waals surface area contributed by atoms with Crippen LogP contribution in [0.1, 0.15) is 31.2 Å². The molecule has 0 saturated carbocycles. The molecule has 3 N–H and O–H groups in total. The molecule has 5 rings (SSSR count). The van der Waals surface area contributed by atoms with E-state index in [1.807, 2.05) is 42.5 Å². The Bertz CT molecular complexity index is 1420. The molecule has 2 aliphatic heterocycles. The lowest BCUT2D eigenvalue weighted by molar-refractivity contribution is -0.127. The Balaban J connectivity index is 0.971. The number of hydrogen-bond acceptors (Lipinski definition) is 9. The minimum absolute atomic E-state index is 0.118. The fraction of sp³-hybridized carbons (Fsp3) is 0.269. The topological polar surface area (TPSA) is 126 Å². The Morgan fingerprint density at radius 3 is 2.79 bits per heavy atom. The molecular formula is C26H25N5O5S3. The number of rotatable bonds is 10. The van der Waals surface area contributed by atoms with Crippen molar-refractivity contribution in [3.8, 4) is 11.5 Å². The highest BCUT2D eigenvalue weighted by Gasteiger charge is 2.31. The van der Waals surface area contributed by atoms with Crippen LogP contribution in [0.5, 0.6) is 11.5 Å². The van der Waals surface area contributed by atoms with E-state index in [-0.39, 0.29) is 36.7 Å². The van der Waals surface area contributed by atoms with Crippen LogP contribution >= 0.6 is 35.7 Å². The molecule has 1 saturated heterocycles. The third kappa shape index (κ3) is 6.91. The molecule has 10 nitrogen and oxygen atoms in total. The van der Waals surface area contributed by atoms with Crippen molar-refractivity contribution in [2.75, 3.05) is 19.1 Å². The van der Waals surface area contributed by atoms with Gasteiger partial charge in [-0.05, 0) is 48.7 Å². The lowest BCUT2D eigenvalue weighted by atomic mass is 10.1. The number of carbonyl (C=O) groups is 3. The van der Waals surface area contributed by atoms with Crippen molar-refractivity contribution in [2.24, 2.45) is 0 Å². The number of H-pyrrole nitrogens is 1. The number of para-hydroxylation sites is 2. The number of unbranched alkanes of at least 4 members (excludes halogenated alkanes) is 2. The molecule has 0 unspecified atom stereocenters. The van der Waals surface area contributed by atoms with Gasteiger partial charge in [0, 0.05) is 13.0 Å². The number of thioether (sulfide) groups is 2. The predicted octanol–water partition coefficient (Wildman–Crippen LogP) is 3.99. The molecule has 0 radical (unpaired) electrons. The molecule has 2 aliphatic rings. The number of ether oxygens (including phenoxy) is 2. The Kier molecular flexibility index (Phi) is 8.69. The number of thiocarbonyl (C=S) groups is 1. The SMILES string of the molecule is O=C(CCCCCN1C(=O)C(=Cc2ccc3c(c2)OCO3)SC1=S)NNC(=O)CSc1nc2ccccc2[nH]1. The molecular weight excluding hydrogens is 559 g/mol. The summed E-state index contributed by atoms with van der Waals surface area (Å²) in [6, 6.07) is 13.1. The Morgan fingerprint density at radius 1 is 1.10 bits per heavy atom. The maximum atomic E-state index is 12.8. The van der Waals surface area contributed by atoms with Gasteiger partial charge in [0.2, 0.25) is 18.6 Å². The van der Waals surface area contributed by atoms with E-state index >= 15 is 0 Å². The van der Waals surface area contributed by atoms with Crippen LogP contribution in [0.3, 0.4) is 0 Å². The first-order chi connectivity index (χ1) is 19.0. The van der Waals surface area contributed by atoms with Gasteiger partial charge in [-0.1, -0.05) is 60.4 Å². The van der Waals surface area contributed by atoms with Gasteiger partial charge in [0.25, 0.3) is 5.91 Å². The highest BCUT2D eigenvalue weighted by atomic mass is 32.2. The lowest BCUT2D eigenvalue weighted by Crippen LogP contribution is -2.42. The van der Waals surface area contributed by atoms with Gasteiger partial charge in [0.1, 0.15) is 4.32 Å². The van der Waals surface area contributed by atoms with E-state index in [1.165, 1.54) is 23.5 Å². The second-order valence-corrected chi connectivity index (χ2v) is 11.3. The van der Waals surface area contributed by atoms with E-state index in [9.17, 15) is 14.4 Å². The van der Waals surface area contributed by atoms with E-state index in [2.05, 4.69) is 20.8 Å². The van der Waals surface area contributed by atoms with E-state index in [1.54, 1.807) is 11.0 Å². The highest BCUT2D eigenvalue weighted by molar-refractivity contribution is 8.26. The molecule has 0 bridgehead atoms. The maximum Gasteiger partial charge on any atom is 0.266 e. The molecule has 0 aliphatic carbocycles. The second-order valence-electron chi connectivity index (χ2n) is 8.70. The Labute approximate surface area is 238 Å². The van der Waals surface area contributed by atoms with Crippen LogP contribution in [-0.4, -0.2) is 56.0 Å². The van der Waals surface area contributed by atoms with Gasteiger partial charge in [-0.25, -0.2) is 4.98 Å². The van der Waals surface area contributed by atoms with Crippen molar-refractivity contribution in [1.82, 2.24) is 25.7 Å². The number of hydrazine groups is 1. The second kappa shape index (κ2) is 12.5. The van der Waals surface area contributed by atoms with Gasteiger partial charge in [-0.3, -0.25) is 30.1 Å². The van der Waals surface area contributed by atoms with Gasteiger partial charge < -0.3 is 14.5 Å². The lowest BCUT2D eigenvalue weighted by Gasteiger charge is -2.14. The Morgan fingerprint density at radius 2 is 1.92 bits per heavy atom. The number of imidazole rings is 1. The summed E-state index contributed by atoms with van der Waals surface area (Å²) in [5, 5.41) is 0.641. The third-order valence-corrected chi connectivity index (χ3v) is 8.15. The van der Waals surface area contributed by atoms with E-state index < -0.39 is 0 Å². The van der Waals surface area contributed by atoms with Crippen LogP contribution in [-0.2, 0) is 14.4 Å². The summed E-state index contributed by atoms with van der Waals surface area (Å²) in [6.45, 7) is 0.682. The number of aromatic amines is 1. The van der Waals surface area contributed by atoms with Crippen LogP contribution < -0.4 is 20.3 Å². The summed E-state index contributed by atoms with van der Waals surface area (Å²) >= 11 is 7.94. The molecule has 3 aromatic rings. The Hall–Kier alpha value is -3.55. The number of benzene rings is 2. The molecule has 39 heavy (non-hydrogen) atoms. The third-order valence-electron chi connectivity index (χ3n) is 5.90. The van der Waals surface area contributed by atoms with Gasteiger partial charge in [0.05, 0.1) is 21.7 Å². The molecule has 0 spiro atoms. The average Bonchev–Trinajstić information content (AvgIpc) is 3.64. The van der Waals surface area contributed by atoms with Gasteiger partial charge >= 0.3 is 0 Å². The number of carbonyl (C=O) groups excluding carboxylic acids is 3. The number of nitrogens with one attached hydrogen (secondary N) is 3. The molecule has 3 amide bonds. The summed E-state index contributed by atoms with van der Waals surface area (Å²) in [5.41, 5.74) is 7.45. The van der Waals surface area contributed by atoms with Crippen molar-refractivity contribution in [3.05, 3.63) is 52.9 Å². The zero-order chi connectivity index (χ0) is 27.2. The monoisotopic (exact) mass is 583 g/mol. The highest BCUT2D eigenvalue weighted by Crippen LogP contribution is 2.36. The van der Waals surface area contributed by atoms with E-state index in [0.29, 0.717) is 45.3 Å². The number of hydrogen-bond donors (Lipinski definition) is 3. The summed E-state index contributed by atoms with van der Waals surface area (Å²) in [7, 11) is 0. The van der Waals surface area contributed by atoms with Crippen molar-refractivity contribution >= 4 is 74.9 Å². The summed E-state index contributed by atoms with van der Waals surface area (Å²) in [6.07, 6.45) is 4.13. The average molecular weight is 584 g/mol. The first-order valence-electron chi connectivity index (χ1n) is 12.3. The quantitative estimate of drug-likeness (QED) is 0.107. The first-order valence-corrected chi connectivity index (χ1v) is 14.5. The van der Waals surface area contributed by atoms with Crippen LogP contribution in [0, 0.1) is 0 Å². The minimum atomic E-state index is -0.322. The van der Waals surface area contributed by atoms with Crippen LogP contribution in [0.15, 0.2) is 52.5 Å². The molecule has 202 valence electrons.